The van der Waals surface area contributed by atoms with Crippen molar-refractivity contribution in [1.82, 2.24) is 14.8 Å². The Bertz CT molecular complexity index is 564. The number of allylic oxidation sites excluding steroid dienone is 2. The van der Waals surface area contributed by atoms with Gasteiger partial charge in [-0.2, -0.15) is 0 Å². The molecule has 1 aromatic rings. The van der Waals surface area contributed by atoms with Crippen molar-refractivity contribution in [2.45, 2.75) is 32.6 Å². The maximum absolute atomic E-state index is 12.7. The number of likely N-dealkylation sites (N-methyl/N-ethyl adjacent to an activating group) is 1. The summed E-state index contributed by atoms with van der Waals surface area (Å²) in [5, 5.41) is 0. The second-order valence-electron chi connectivity index (χ2n) is 6.53. The maximum Gasteiger partial charge on any atom is 0.240 e. The quantitative estimate of drug-likeness (QED) is 0.833. The van der Waals surface area contributed by atoms with Gasteiger partial charge in [0.1, 0.15) is 5.82 Å². The van der Waals surface area contributed by atoms with Crippen molar-refractivity contribution in [3.05, 3.63) is 36.2 Å². The first kappa shape index (κ1) is 17.0. The molecule has 0 N–H and O–H groups in total. The van der Waals surface area contributed by atoms with Crippen LogP contribution in [0.3, 0.4) is 0 Å². The topological polar surface area (TPSA) is 39.7 Å². The van der Waals surface area contributed by atoms with E-state index in [1.165, 1.54) is 18.5 Å². The van der Waals surface area contributed by atoms with Crippen LogP contribution in [0.4, 0.5) is 5.82 Å². The van der Waals surface area contributed by atoms with Crippen molar-refractivity contribution in [2.24, 2.45) is 0 Å². The lowest BCUT2D eigenvalue weighted by atomic mass is 10.0. The highest BCUT2D eigenvalue weighted by atomic mass is 16.2. The molecule has 5 nitrogen and oxygen atoms in total. The van der Waals surface area contributed by atoms with Gasteiger partial charge in [0.15, 0.2) is 0 Å². The minimum absolute atomic E-state index is 0.247. The third kappa shape index (κ3) is 4.15. The van der Waals surface area contributed by atoms with Gasteiger partial charge in [-0.15, -0.1) is 0 Å². The average Bonchev–Trinajstić information content (AvgIpc) is 2.64. The number of nitrogens with zero attached hydrogens (tertiary/aromatic N) is 4. The largest absolute Gasteiger partial charge is 0.354 e. The van der Waals surface area contributed by atoms with Crippen molar-refractivity contribution in [1.29, 1.82) is 0 Å². The Balaban J connectivity index is 1.51. The summed E-state index contributed by atoms with van der Waals surface area (Å²) in [4.78, 5) is 23.7. The molecular formula is C19H28N4O. The SMILES string of the molecule is CCN(C(=O)CN1CCN(c2ccccn2)CC1)C1=CCCCC1. The fraction of sp³-hybridized carbons (Fsp3) is 0.579. The zero-order valence-electron chi connectivity index (χ0n) is 14.7. The molecule has 0 atom stereocenters. The molecule has 1 aliphatic carbocycles. The first-order valence-corrected chi connectivity index (χ1v) is 9.15. The first-order chi connectivity index (χ1) is 11.8. The van der Waals surface area contributed by atoms with Crippen molar-refractivity contribution in [3.63, 3.8) is 0 Å². The van der Waals surface area contributed by atoms with Gasteiger partial charge >= 0.3 is 0 Å². The van der Waals surface area contributed by atoms with Gasteiger partial charge in [0, 0.05) is 44.6 Å². The van der Waals surface area contributed by atoms with Gasteiger partial charge in [-0.1, -0.05) is 12.1 Å². The zero-order valence-corrected chi connectivity index (χ0v) is 14.7. The highest BCUT2D eigenvalue weighted by molar-refractivity contribution is 5.80. The van der Waals surface area contributed by atoms with Crippen LogP contribution < -0.4 is 4.90 Å². The molecule has 0 radical (unpaired) electrons. The third-order valence-corrected chi connectivity index (χ3v) is 4.94. The number of amides is 1. The van der Waals surface area contributed by atoms with Gasteiger partial charge in [0.2, 0.25) is 5.91 Å². The van der Waals surface area contributed by atoms with Crippen LogP contribution in [0, 0.1) is 0 Å². The number of pyridine rings is 1. The van der Waals surface area contributed by atoms with Gasteiger partial charge in [-0.25, -0.2) is 4.98 Å². The molecule has 1 amide bonds. The van der Waals surface area contributed by atoms with Crippen molar-refractivity contribution < 1.29 is 4.79 Å². The van der Waals surface area contributed by atoms with E-state index in [0.29, 0.717) is 6.54 Å². The van der Waals surface area contributed by atoms with Crippen LogP contribution in [0.25, 0.3) is 0 Å². The molecule has 1 fully saturated rings. The number of hydrogen-bond acceptors (Lipinski definition) is 4. The summed E-state index contributed by atoms with van der Waals surface area (Å²) < 4.78 is 0. The highest BCUT2D eigenvalue weighted by Crippen LogP contribution is 2.21. The summed E-state index contributed by atoms with van der Waals surface area (Å²) in [5.74, 6) is 1.28. The second-order valence-corrected chi connectivity index (χ2v) is 6.53. The zero-order chi connectivity index (χ0) is 16.8. The lowest BCUT2D eigenvalue weighted by Crippen LogP contribution is -2.50. The number of hydrogen-bond donors (Lipinski definition) is 0. The highest BCUT2D eigenvalue weighted by Gasteiger charge is 2.23. The van der Waals surface area contributed by atoms with E-state index < -0.39 is 0 Å². The van der Waals surface area contributed by atoms with Crippen LogP contribution in [0.5, 0.6) is 0 Å². The molecule has 0 unspecified atom stereocenters. The minimum Gasteiger partial charge on any atom is -0.354 e. The Hall–Kier alpha value is -1.88. The van der Waals surface area contributed by atoms with Crippen molar-refractivity contribution in [2.75, 3.05) is 44.2 Å². The molecule has 2 aliphatic rings. The Morgan fingerprint density at radius 1 is 1.21 bits per heavy atom. The molecule has 24 heavy (non-hydrogen) atoms. The molecule has 0 spiro atoms. The summed E-state index contributed by atoms with van der Waals surface area (Å²) in [7, 11) is 0. The Morgan fingerprint density at radius 2 is 2.04 bits per heavy atom. The molecule has 0 saturated carbocycles. The second kappa shape index (κ2) is 8.29. The number of carbonyl (C=O) groups is 1. The summed E-state index contributed by atoms with van der Waals surface area (Å²) in [5.41, 5.74) is 1.24. The summed E-state index contributed by atoms with van der Waals surface area (Å²) in [6.07, 6.45) is 8.71. The van der Waals surface area contributed by atoms with E-state index in [2.05, 4.69) is 33.8 Å². The van der Waals surface area contributed by atoms with E-state index in [1.807, 2.05) is 23.2 Å². The van der Waals surface area contributed by atoms with Crippen LogP contribution >= 0.6 is 0 Å². The lowest BCUT2D eigenvalue weighted by molar-refractivity contribution is -0.130. The van der Waals surface area contributed by atoms with E-state index >= 15 is 0 Å². The Labute approximate surface area is 144 Å². The fourth-order valence-electron chi connectivity index (χ4n) is 3.56. The standard InChI is InChI=1S/C19H28N4O/c1-2-23(17-8-4-3-5-9-17)19(24)16-21-12-14-22(15-13-21)18-10-6-7-11-20-18/h6-8,10-11H,2-5,9,12-16H2,1H3. The van der Waals surface area contributed by atoms with Gasteiger partial charge in [-0.05, 0) is 44.7 Å². The number of piperazine rings is 1. The van der Waals surface area contributed by atoms with Gasteiger partial charge in [-0.3, -0.25) is 9.69 Å². The first-order valence-electron chi connectivity index (χ1n) is 9.15. The summed E-state index contributed by atoms with van der Waals surface area (Å²) in [6, 6.07) is 6.02. The van der Waals surface area contributed by atoms with E-state index in [4.69, 9.17) is 0 Å². The lowest BCUT2D eigenvalue weighted by Gasteiger charge is -2.36. The molecular weight excluding hydrogens is 300 g/mol. The molecule has 2 heterocycles. The average molecular weight is 328 g/mol. The molecule has 0 bridgehead atoms. The van der Waals surface area contributed by atoms with Crippen LogP contribution in [-0.2, 0) is 4.79 Å². The minimum atomic E-state index is 0.247. The fourth-order valence-corrected chi connectivity index (χ4v) is 3.56. The molecule has 0 aromatic carbocycles. The molecule has 1 aromatic heterocycles. The number of anilines is 1. The Morgan fingerprint density at radius 3 is 2.67 bits per heavy atom. The maximum atomic E-state index is 12.7. The van der Waals surface area contributed by atoms with E-state index in [9.17, 15) is 4.79 Å². The van der Waals surface area contributed by atoms with Crippen molar-refractivity contribution >= 4 is 11.7 Å². The molecule has 130 valence electrons. The Kier molecular flexibility index (Phi) is 5.86. The van der Waals surface area contributed by atoms with Gasteiger partial charge in [0.05, 0.1) is 6.54 Å². The van der Waals surface area contributed by atoms with E-state index in [1.54, 1.807) is 0 Å². The van der Waals surface area contributed by atoms with Gasteiger partial charge < -0.3 is 9.80 Å². The van der Waals surface area contributed by atoms with Crippen molar-refractivity contribution in [3.8, 4) is 0 Å². The summed E-state index contributed by atoms with van der Waals surface area (Å²) in [6.45, 7) is 7.07. The van der Waals surface area contributed by atoms with Crippen LogP contribution in [0.1, 0.15) is 32.6 Å². The number of carbonyl (C=O) groups excluding carboxylic acids is 1. The van der Waals surface area contributed by atoms with Gasteiger partial charge in [0.25, 0.3) is 0 Å². The number of rotatable bonds is 5. The van der Waals surface area contributed by atoms with E-state index in [-0.39, 0.29) is 5.91 Å². The molecule has 1 saturated heterocycles. The monoisotopic (exact) mass is 328 g/mol. The van der Waals surface area contributed by atoms with Crippen LogP contribution in [0.15, 0.2) is 36.2 Å². The predicted molar refractivity (Wildman–Crippen MR) is 96.8 cm³/mol. The predicted octanol–water partition coefficient (Wildman–Crippen LogP) is 2.51. The van der Waals surface area contributed by atoms with E-state index in [0.717, 1.165) is 51.4 Å². The molecule has 5 heteroatoms. The summed E-state index contributed by atoms with van der Waals surface area (Å²) >= 11 is 0. The molecule has 3 rings (SSSR count). The van der Waals surface area contributed by atoms with Crippen LogP contribution in [-0.4, -0.2) is 60.0 Å². The third-order valence-electron chi connectivity index (χ3n) is 4.94. The van der Waals surface area contributed by atoms with Crippen LogP contribution in [0.2, 0.25) is 0 Å². The normalized spacial score (nSPS) is 19.0. The molecule has 1 aliphatic heterocycles. The smallest absolute Gasteiger partial charge is 0.240 e. The number of aromatic nitrogens is 1.